The van der Waals surface area contributed by atoms with E-state index in [1.807, 2.05) is 31.2 Å². The second-order valence-corrected chi connectivity index (χ2v) is 12.0. The third kappa shape index (κ3) is 8.07. The van der Waals surface area contributed by atoms with Crippen molar-refractivity contribution in [3.05, 3.63) is 93.1 Å². The van der Waals surface area contributed by atoms with Gasteiger partial charge in [0.05, 0.1) is 60.0 Å². The van der Waals surface area contributed by atoms with Gasteiger partial charge in [0.15, 0.2) is 5.75 Å². The predicted molar refractivity (Wildman–Crippen MR) is 192 cm³/mol. The molecule has 4 aromatic rings. The number of likely N-dealkylation sites (N-methyl/N-ethyl adjacent to an activating group) is 1. The summed E-state index contributed by atoms with van der Waals surface area (Å²) >= 11 is 13.5. The highest BCUT2D eigenvalue weighted by molar-refractivity contribution is 6.38. The Bertz CT molecular complexity index is 1910. The van der Waals surface area contributed by atoms with Gasteiger partial charge in [-0.15, -0.1) is 0 Å². The fourth-order valence-electron chi connectivity index (χ4n) is 5.47. The van der Waals surface area contributed by atoms with E-state index in [1.165, 1.54) is 25.1 Å². The number of anilines is 2. The number of aromatic nitrogens is 1. The van der Waals surface area contributed by atoms with E-state index < -0.39 is 11.8 Å². The molecule has 49 heavy (non-hydrogen) atoms. The van der Waals surface area contributed by atoms with Gasteiger partial charge in [0, 0.05) is 49.2 Å². The van der Waals surface area contributed by atoms with Crippen LogP contribution in [-0.4, -0.2) is 76.8 Å². The molecule has 13 heteroatoms. The Balaban J connectivity index is 1.28. The number of amides is 3. The van der Waals surface area contributed by atoms with E-state index in [-0.39, 0.29) is 24.1 Å². The van der Waals surface area contributed by atoms with Crippen molar-refractivity contribution in [2.75, 3.05) is 63.9 Å². The van der Waals surface area contributed by atoms with E-state index in [2.05, 4.69) is 15.5 Å². The van der Waals surface area contributed by atoms with Gasteiger partial charge in [-0.1, -0.05) is 47.5 Å². The molecule has 2 heterocycles. The maximum Gasteiger partial charge on any atom is 0.254 e. The van der Waals surface area contributed by atoms with Gasteiger partial charge in [-0.2, -0.15) is 0 Å². The fourth-order valence-corrected chi connectivity index (χ4v) is 6.08. The number of hydrogen-bond acceptors (Lipinski definition) is 8. The van der Waals surface area contributed by atoms with Crippen molar-refractivity contribution >= 4 is 69.3 Å². The number of ether oxygens (including phenoxy) is 3. The summed E-state index contributed by atoms with van der Waals surface area (Å²) in [5, 5.41) is 6.75. The lowest BCUT2D eigenvalue weighted by Crippen LogP contribution is -2.37. The number of carbonyl (C=O) groups excluding carboxylic acids is 3. The number of halogens is 2. The minimum atomic E-state index is -0.483. The van der Waals surface area contributed by atoms with Crippen molar-refractivity contribution in [1.29, 1.82) is 0 Å². The van der Waals surface area contributed by atoms with Crippen molar-refractivity contribution in [2.45, 2.75) is 13.5 Å². The quantitative estimate of drug-likeness (QED) is 0.198. The van der Waals surface area contributed by atoms with Crippen molar-refractivity contribution in [3.8, 4) is 11.5 Å². The number of benzene rings is 3. The summed E-state index contributed by atoms with van der Waals surface area (Å²) in [7, 11) is 4.55. The van der Waals surface area contributed by atoms with Crippen LogP contribution in [0.4, 0.5) is 11.4 Å². The lowest BCUT2D eigenvalue weighted by atomic mass is 10.1. The summed E-state index contributed by atoms with van der Waals surface area (Å²) in [6.07, 6.45) is 2.85. The fraction of sp³-hybridized carbons (Fsp3) is 0.278. The van der Waals surface area contributed by atoms with Crippen LogP contribution in [0.15, 0.2) is 60.7 Å². The van der Waals surface area contributed by atoms with Crippen LogP contribution in [0.1, 0.15) is 27.2 Å². The molecule has 5 rings (SSSR count). The third-order valence-corrected chi connectivity index (χ3v) is 8.89. The Morgan fingerprint density at radius 3 is 2.57 bits per heavy atom. The van der Waals surface area contributed by atoms with Crippen LogP contribution in [0.2, 0.25) is 10.0 Å². The van der Waals surface area contributed by atoms with Crippen molar-refractivity contribution in [1.82, 2.24) is 15.6 Å². The molecule has 0 aliphatic carbocycles. The van der Waals surface area contributed by atoms with E-state index in [0.717, 1.165) is 22.3 Å². The lowest BCUT2D eigenvalue weighted by Gasteiger charge is -2.32. The standard InChI is InChI=1S/C36H37Cl2N5O6/c1-22-35(34(43-15-17-48-18-16-43)24-7-5-6-8-28(24)41-22)49-21-26-27(37)12-13-29(33(26)38)42(3)32(45)20-40-31(44)14-10-23-9-11-25(36(46)39-2)30(19-23)47-4/h5-14,19H,15-18,20-21H2,1-4H3,(H,39,46)(H,40,44). The van der Waals surface area contributed by atoms with Gasteiger partial charge >= 0.3 is 0 Å². The van der Waals surface area contributed by atoms with Crippen LogP contribution in [0, 0.1) is 6.92 Å². The Labute approximate surface area is 294 Å². The second-order valence-electron chi connectivity index (χ2n) is 11.2. The number of hydrogen-bond donors (Lipinski definition) is 2. The second kappa shape index (κ2) is 16.0. The Morgan fingerprint density at radius 1 is 1.08 bits per heavy atom. The zero-order chi connectivity index (χ0) is 35.1. The van der Waals surface area contributed by atoms with Gasteiger partial charge in [0.2, 0.25) is 11.8 Å². The molecule has 1 aliphatic rings. The van der Waals surface area contributed by atoms with Crippen LogP contribution < -0.4 is 29.9 Å². The first-order valence-corrected chi connectivity index (χ1v) is 16.3. The van der Waals surface area contributed by atoms with Crippen molar-refractivity contribution in [2.24, 2.45) is 0 Å². The molecule has 3 amide bonds. The Kier molecular flexibility index (Phi) is 11.6. The molecule has 11 nitrogen and oxygen atoms in total. The average Bonchev–Trinajstić information content (AvgIpc) is 3.12. The number of pyridine rings is 1. The molecule has 0 bridgehead atoms. The molecule has 0 saturated carbocycles. The molecular formula is C36H37Cl2N5O6. The van der Waals surface area contributed by atoms with Crippen molar-refractivity contribution in [3.63, 3.8) is 0 Å². The van der Waals surface area contributed by atoms with Crippen LogP contribution in [0.5, 0.6) is 11.5 Å². The Morgan fingerprint density at radius 2 is 1.84 bits per heavy atom. The molecule has 1 aliphatic heterocycles. The van der Waals surface area contributed by atoms with Crippen LogP contribution in [0.3, 0.4) is 0 Å². The smallest absolute Gasteiger partial charge is 0.254 e. The number of rotatable bonds is 11. The number of morpholine rings is 1. The van der Waals surface area contributed by atoms with E-state index in [0.29, 0.717) is 65.2 Å². The molecule has 2 N–H and O–H groups in total. The number of carbonyl (C=O) groups is 3. The number of methoxy groups -OCH3 is 1. The summed E-state index contributed by atoms with van der Waals surface area (Å²) in [5.41, 5.74) is 4.45. The van der Waals surface area contributed by atoms with Gasteiger partial charge in [0.1, 0.15) is 12.4 Å². The monoisotopic (exact) mass is 705 g/mol. The molecule has 0 radical (unpaired) electrons. The first kappa shape index (κ1) is 35.5. The van der Waals surface area contributed by atoms with Crippen LogP contribution in [0.25, 0.3) is 17.0 Å². The van der Waals surface area contributed by atoms with Gasteiger partial charge in [-0.3, -0.25) is 14.4 Å². The highest BCUT2D eigenvalue weighted by Gasteiger charge is 2.24. The topological polar surface area (TPSA) is 122 Å². The lowest BCUT2D eigenvalue weighted by molar-refractivity contribution is -0.122. The predicted octanol–water partition coefficient (Wildman–Crippen LogP) is 5.43. The van der Waals surface area contributed by atoms with Gasteiger partial charge < -0.3 is 34.6 Å². The van der Waals surface area contributed by atoms with Gasteiger partial charge in [0.25, 0.3) is 5.91 Å². The largest absolute Gasteiger partial charge is 0.496 e. The first-order chi connectivity index (χ1) is 23.6. The number of fused-ring (bicyclic) bond motifs is 1. The van der Waals surface area contributed by atoms with Crippen LogP contribution >= 0.6 is 23.2 Å². The highest BCUT2D eigenvalue weighted by atomic mass is 35.5. The number of para-hydroxylation sites is 1. The Hall–Kier alpha value is -4.84. The molecule has 0 spiro atoms. The number of nitrogens with zero attached hydrogens (tertiary/aromatic N) is 3. The summed E-state index contributed by atoms with van der Waals surface area (Å²) < 4.78 is 17.3. The molecule has 3 aromatic carbocycles. The molecule has 1 fully saturated rings. The summed E-state index contributed by atoms with van der Waals surface area (Å²) in [4.78, 5) is 46.1. The zero-order valence-electron chi connectivity index (χ0n) is 27.6. The van der Waals surface area contributed by atoms with Gasteiger partial charge in [-0.25, -0.2) is 4.98 Å². The number of nitrogens with one attached hydrogen (secondary N) is 2. The SMILES string of the molecule is CNC(=O)c1ccc(C=CC(=O)NCC(=O)N(C)c2ccc(Cl)c(COc3c(C)nc4ccccc4c3N3CCOCC3)c2Cl)cc1OC. The van der Waals surface area contributed by atoms with Crippen molar-refractivity contribution < 1.29 is 28.6 Å². The third-order valence-electron chi connectivity index (χ3n) is 8.12. The van der Waals surface area contributed by atoms with E-state index in [1.54, 1.807) is 43.5 Å². The number of aryl methyl sites for hydroxylation is 1. The maximum atomic E-state index is 13.1. The van der Waals surface area contributed by atoms with E-state index in [4.69, 9.17) is 42.4 Å². The molecule has 256 valence electrons. The highest BCUT2D eigenvalue weighted by Crippen LogP contribution is 2.40. The normalized spacial score (nSPS) is 13.0. The average molecular weight is 707 g/mol. The molecule has 0 atom stereocenters. The minimum absolute atomic E-state index is 0.0299. The molecule has 1 saturated heterocycles. The van der Waals surface area contributed by atoms with Gasteiger partial charge in [-0.05, 0) is 48.9 Å². The summed E-state index contributed by atoms with van der Waals surface area (Å²) in [6, 6.07) is 16.2. The first-order valence-electron chi connectivity index (χ1n) is 15.6. The molecular weight excluding hydrogens is 669 g/mol. The molecule has 0 unspecified atom stereocenters. The summed E-state index contributed by atoms with van der Waals surface area (Å²) in [5.74, 6) is -0.186. The zero-order valence-corrected chi connectivity index (χ0v) is 29.2. The van der Waals surface area contributed by atoms with E-state index in [9.17, 15) is 14.4 Å². The van der Waals surface area contributed by atoms with Crippen LogP contribution in [-0.2, 0) is 20.9 Å². The maximum absolute atomic E-state index is 13.1. The summed E-state index contributed by atoms with van der Waals surface area (Å²) in [6.45, 7) is 4.28. The minimum Gasteiger partial charge on any atom is -0.496 e. The van der Waals surface area contributed by atoms with E-state index >= 15 is 0 Å². The molecule has 1 aromatic heterocycles.